The number of aliphatic carboxylic acids is 2. The predicted octanol–water partition coefficient (Wildman–Crippen LogP) is -1.21. The van der Waals surface area contributed by atoms with E-state index in [0.717, 1.165) is 0 Å². The van der Waals surface area contributed by atoms with Crippen molar-refractivity contribution < 1.29 is 33.0 Å². The topological polar surface area (TPSA) is 150 Å². The first kappa shape index (κ1) is 16.2. The summed E-state index contributed by atoms with van der Waals surface area (Å²) in [5.41, 5.74) is 0. The van der Waals surface area contributed by atoms with E-state index in [0.29, 0.717) is 0 Å². The minimum Gasteiger partial charge on any atom is -0.481 e. The molecule has 0 aromatic heterocycles. The van der Waals surface area contributed by atoms with E-state index in [1.54, 1.807) is 0 Å². The Morgan fingerprint density at radius 3 is 2.35 bits per heavy atom. The molecule has 1 aliphatic heterocycles. The summed E-state index contributed by atoms with van der Waals surface area (Å²) in [5, 5.41) is 21.8. The quantitative estimate of drug-likeness (QED) is 0.481. The van der Waals surface area contributed by atoms with Crippen molar-refractivity contribution in [2.24, 2.45) is 0 Å². The van der Waals surface area contributed by atoms with Gasteiger partial charge in [-0.1, -0.05) is 0 Å². The second-order valence-corrected chi connectivity index (χ2v) is 6.77. The molecule has 1 rings (SSSR count). The fourth-order valence-corrected chi connectivity index (χ4v) is 3.49. The number of carbonyl (C=O) groups is 3. The van der Waals surface area contributed by atoms with E-state index in [-0.39, 0.29) is 24.3 Å². The fraction of sp³-hybridized carbons (Fsp3) is 0.700. The lowest BCUT2D eigenvalue weighted by atomic mass is 10.1. The van der Waals surface area contributed by atoms with Crippen molar-refractivity contribution in [3.63, 3.8) is 0 Å². The Balaban J connectivity index is 2.46. The zero-order valence-electron chi connectivity index (χ0n) is 10.5. The van der Waals surface area contributed by atoms with E-state index in [9.17, 15) is 22.8 Å². The van der Waals surface area contributed by atoms with E-state index in [1.807, 2.05) is 0 Å². The van der Waals surface area contributed by atoms with Crippen LogP contribution in [0.4, 0.5) is 4.79 Å². The van der Waals surface area contributed by atoms with Crippen LogP contribution in [0.2, 0.25) is 0 Å². The molecule has 2 amide bonds. The van der Waals surface area contributed by atoms with Gasteiger partial charge in [0.25, 0.3) is 0 Å². The normalized spacial score (nSPS) is 21.9. The summed E-state index contributed by atoms with van der Waals surface area (Å²) >= 11 is 0. The molecule has 0 saturated carbocycles. The lowest BCUT2D eigenvalue weighted by molar-refractivity contribution is -0.140. The lowest BCUT2D eigenvalue weighted by Crippen LogP contribution is -2.49. The molecule has 9 nitrogen and oxygen atoms in total. The van der Waals surface area contributed by atoms with Crippen LogP contribution in [0, 0.1) is 0 Å². The highest BCUT2D eigenvalue weighted by molar-refractivity contribution is 7.91. The summed E-state index contributed by atoms with van der Waals surface area (Å²) in [6, 6.07) is -2.69. The molecule has 114 valence electrons. The Morgan fingerprint density at radius 2 is 1.90 bits per heavy atom. The van der Waals surface area contributed by atoms with Crippen LogP contribution in [0.25, 0.3) is 0 Å². The van der Waals surface area contributed by atoms with Crippen molar-refractivity contribution in [3.8, 4) is 0 Å². The first-order valence-electron chi connectivity index (χ1n) is 5.91. The van der Waals surface area contributed by atoms with Crippen molar-refractivity contribution in [3.05, 3.63) is 0 Å². The number of carbonyl (C=O) groups excluding carboxylic acids is 1. The first-order valence-corrected chi connectivity index (χ1v) is 7.74. The third-order valence-electron chi connectivity index (χ3n) is 2.82. The average Bonchev–Trinajstić information content (AvgIpc) is 2.63. The molecule has 20 heavy (non-hydrogen) atoms. The van der Waals surface area contributed by atoms with Crippen LogP contribution in [0.15, 0.2) is 0 Å². The Morgan fingerprint density at radius 1 is 1.25 bits per heavy atom. The molecule has 2 atom stereocenters. The third kappa shape index (κ3) is 5.43. The minimum absolute atomic E-state index is 0.0146. The molecule has 10 heteroatoms. The van der Waals surface area contributed by atoms with Crippen LogP contribution in [-0.4, -0.2) is 60.2 Å². The van der Waals surface area contributed by atoms with E-state index < -0.39 is 46.3 Å². The number of carboxylic acids is 2. The average molecular weight is 308 g/mol. The molecule has 1 fully saturated rings. The molecule has 0 aromatic rings. The van der Waals surface area contributed by atoms with E-state index in [1.165, 1.54) is 0 Å². The summed E-state index contributed by atoms with van der Waals surface area (Å²) < 4.78 is 22.4. The largest absolute Gasteiger partial charge is 0.481 e. The number of nitrogens with one attached hydrogen (secondary N) is 2. The van der Waals surface area contributed by atoms with Gasteiger partial charge in [0.15, 0.2) is 9.84 Å². The second kappa shape index (κ2) is 6.55. The van der Waals surface area contributed by atoms with E-state index in [2.05, 4.69) is 10.6 Å². The highest BCUT2D eigenvalue weighted by Gasteiger charge is 2.30. The van der Waals surface area contributed by atoms with Gasteiger partial charge in [-0.25, -0.2) is 18.0 Å². The molecule has 0 aromatic carbocycles. The summed E-state index contributed by atoms with van der Waals surface area (Å²) in [6.45, 7) is 0. The molecular formula is C10H16N2O7S. The van der Waals surface area contributed by atoms with Crippen molar-refractivity contribution in [1.29, 1.82) is 0 Å². The van der Waals surface area contributed by atoms with Gasteiger partial charge in [-0.2, -0.15) is 0 Å². The van der Waals surface area contributed by atoms with Crippen LogP contribution >= 0.6 is 0 Å². The van der Waals surface area contributed by atoms with Crippen molar-refractivity contribution in [2.75, 3.05) is 11.5 Å². The number of rotatable bonds is 6. The summed E-state index contributed by atoms with van der Waals surface area (Å²) in [6.07, 6.45) is -0.362. The van der Waals surface area contributed by atoms with Gasteiger partial charge in [0.1, 0.15) is 6.04 Å². The van der Waals surface area contributed by atoms with Crippen LogP contribution in [-0.2, 0) is 19.4 Å². The van der Waals surface area contributed by atoms with Crippen LogP contribution < -0.4 is 10.6 Å². The Hall–Kier alpha value is -1.84. The standard InChI is InChI=1S/C10H16N2O7S/c13-8(14)2-1-7(9(15)16)12-10(17)11-6-3-4-20(18,19)5-6/h6-7H,1-5H2,(H,13,14)(H,15,16)(H2,11,12,17)/t6?,7-/m0/s1. The van der Waals surface area contributed by atoms with Crippen molar-refractivity contribution >= 4 is 27.8 Å². The van der Waals surface area contributed by atoms with Gasteiger partial charge in [-0.15, -0.1) is 0 Å². The maximum absolute atomic E-state index is 11.5. The van der Waals surface area contributed by atoms with Gasteiger partial charge in [-0.05, 0) is 12.8 Å². The van der Waals surface area contributed by atoms with Crippen molar-refractivity contribution in [1.82, 2.24) is 10.6 Å². The van der Waals surface area contributed by atoms with Crippen LogP contribution in [0.1, 0.15) is 19.3 Å². The third-order valence-corrected chi connectivity index (χ3v) is 4.59. The zero-order valence-corrected chi connectivity index (χ0v) is 11.4. The maximum atomic E-state index is 11.5. The summed E-state index contributed by atoms with van der Waals surface area (Å²) in [7, 11) is -3.14. The van der Waals surface area contributed by atoms with Gasteiger partial charge in [0.05, 0.1) is 11.5 Å². The molecule has 1 unspecified atom stereocenters. The molecule has 0 radical (unpaired) electrons. The lowest BCUT2D eigenvalue weighted by Gasteiger charge is -2.16. The van der Waals surface area contributed by atoms with Gasteiger partial charge in [-0.3, -0.25) is 4.79 Å². The van der Waals surface area contributed by atoms with Gasteiger partial charge >= 0.3 is 18.0 Å². The molecule has 1 heterocycles. The summed E-state index contributed by atoms with van der Waals surface area (Å²) in [5.74, 6) is -2.70. The van der Waals surface area contributed by atoms with Crippen molar-refractivity contribution in [2.45, 2.75) is 31.3 Å². The zero-order chi connectivity index (χ0) is 15.3. The Kier molecular flexibility index (Phi) is 5.31. The van der Waals surface area contributed by atoms with E-state index in [4.69, 9.17) is 10.2 Å². The molecule has 0 bridgehead atoms. The van der Waals surface area contributed by atoms with Crippen LogP contribution in [0.5, 0.6) is 0 Å². The Labute approximate surface area is 115 Å². The minimum atomic E-state index is -3.14. The second-order valence-electron chi connectivity index (χ2n) is 4.54. The fourth-order valence-electron chi connectivity index (χ4n) is 1.82. The highest BCUT2D eigenvalue weighted by Crippen LogP contribution is 2.11. The van der Waals surface area contributed by atoms with Gasteiger partial charge in [0.2, 0.25) is 0 Å². The highest BCUT2D eigenvalue weighted by atomic mass is 32.2. The monoisotopic (exact) mass is 308 g/mol. The molecule has 4 N–H and O–H groups in total. The predicted molar refractivity (Wildman–Crippen MR) is 67.0 cm³/mol. The molecule has 1 saturated heterocycles. The SMILES string of the molecule is O=C(O)CC[C@H](NC(=O)NC1CCS(=O)(=O)C1)C(=O)O. The molecule has 0 aliphatic carbocycles. The molecular weight excluding hydrogens is 292 g/mol. The number of urea groups is 1. The number of sulfone groups is 1. The van der Waals surface area contributed by atoms with Gasteiger partial charge in [0, 0.05) is 12.5 Å². The van der Waals surface area contributed by atoms with Gasteiger partial charge < -0.3 is 20.8 Å². The van der Waals surface area contributed by atoms with E-state index >= 15 is 0 Å². The number of hydrogen-bond donors (Lipinski definition) is 4. The van der Waals surface area contributed by atoms with Crippen LogP contribution in [0.3, 0.4) is 0 Å². The molecule has 1 aliphatic rings. The summed E-state index contributed by atoms with van der Waals surface area (Å²) in [4.78, 5) is 32.8. The smallest absolute Gasteiger partial charge is 0.326 e. The first-order chi connectivity index (χ1) is 9.19. The number of hydrogen-bond acceptors (Lipinski definition) is 5. The number of amides is 2. The Bertz CT molecular complexity index is 502. The molecule has 0 spiro atoms. The maximum Gasteiger partial charge on any atom is 0.326 e. The number of carboxylic acid groups (broad SMARTS) is 2.